The van der Waals surface area contributed by atoms with E-state index < -0.39 is 5.60 Å². The highest BCUT2D eigenvalue weighted by molar-refractivity contribution is 6.30. The van der Waals surface area contributed by atoms with Crippen LogP contribution in [-0.2, 0) is 11.2 Å². The Hall–Kier alpha value is -2.33. The average molecular weight is 360 g/mol. The molecule has 0 saturated heterocycles. The number of halogens is 1. The minimum Gasteiger partial charge on any atom is -0.480 e. The molecule has 0 radical (unpaired) electrons. The van der Waals surface area contributed by atoms with Gasteiger partial charge in [-0.05, 0) is 69.2 Å². The number of carbonyl (C=O) groups is 2. The predicted molar refractivity (Wildman–Crippen MR) is 99.3 cm³/mol. The molecule has 2 rings (SSSR count). The third-order valence-electron chi connectivity index (χ3n) is 3.95. The molecule has 1 amide bonds. The van der Waals surface area contributed by atoms with Crippen LogP contribution in [0.2, 0.25) is 5.02 Å². The van der Waals surface area contributed by atoms with Gasteiger partial charge in [-0.1, -0.05) is 23.7 Å². The monoisotopic (exact) mass is 359 g/mol. The van der Waals surface area contributed by atoms with Crippen molar-refractivity contribution in [2.75, 3.05) is 6.54 Å². The van der Waals surface area contributed by atoms with Gasteiger partial charge in [-0.2, -0.15) is 0 Å². The second-order valence-corrected chi connectivity index (χ2v) is 6.76. The molecule has 0 atom stereocenters. The normalized spacial score (nSPS) is 11.0. The SMILES string of the molecule is CC(=O)C(C)(C)Oc1ccc(CCNC(=O)c2ccc(Cl)cc2)cc1. The predicted octanol–water partition coefficient (Wildman–Crippen LogP) is 4.06. The molecule has 5 heteroatoms. The maximum absolute atomic E-state index is 12.0. The molecule has 2 aromatic carbocycles. The summed E-state index contributed by atoms with van der Waals surface area (Å²) in [6.45, 7) is 5.53. The Balaban J connectivity index is 1.84. The van der Waals surface area contributed by atoms with Crippen LogP contribution in [0.4, 0.5) is 0 Å². The van der Waals surface area contributed by atoms with E-state index >= 15 is 0 Å². The molecule has 0 unspecified atom stereocenters. The van der Waals surface area contributed by atoms with Gasteiger partial charge in [-0.25, -0.2) is 0 Å². The van der Waals surface area contributed by atoms with Crippen molar-refractivity contribution in [1.82, 2.24) is 5.32 Å². The van der Waals surface area contributed by atoms with Gasteiger partial charge >= 0.3 is 0 Å². The third kappa shape index (κ3) is 5.61. The fourth-order valence-corrected chi connectivity index (χ4v) is 2.24. The molecule has 1 N–H and O–H groups in total. The smallest absolute Gasteiger partial charge is 0.251 e. The molecule has 0 aliphatic rings. The van der Waals surface area contributed by atoms with Crippen molar-refractivity contribution in [3.8, 4) is 5.75 Å². The van der Waals surface area contributed by atoms with Crippen LogP contribution in [0.25, 0.3) is 0 Å². The maximum atomic E-state index is 12.0. The standard InChI is InChI=1S/C20H22ClNO3/c1-14(23)20(2,3)25-18-10-4-15(5-11-18)12-13-22-19(24)16-6-8-17(21)9-7-16/h4-11H,12-13H2,1-3H3,(H,22,24). The molecule has 0 saturated carbocycles. The van der Waals surface area contributed by atoms with Gasteiger partial charge in [-0.15, -0.1) is 0 Å². The highest BCUT2D eigenvalue weighted by atomic mass is 35.5. The zero-order valence-electron chi connectivity index (χ0n) is 14.6. The fraction of sp³-hybridized carbons (Fsp3) is 0.300. The summed E-state index contributed by atoms with van der Waals surface area (Å²) in [5.41, 5.74) is 0.817. The van der Waals surface area contributed by atoms with Crippen molar-refractivity contribution in [1.29, 1.82) is 0 Å². The third-order valence-corrected chi connectivity index (χ3v) is 4.20. The average Bonchev–Trinajstić information content (AvgIpc) is 2.56. The number of ketones is 1. The summed E-state index contributed by atoms with van der Waals surface area (Å²) in [4.78, 5) is 23.5. The Bertz CT molecular complexity index is 737. The summed E-state index contributed by atoms with van der Waals surface area (Å²) in [7, 11) is 0. The Morgan fingerprint density at radius 3 is 2.20 bits per heavy atom. The second kappa shape index (κ2) is 8.17. The van der Waals surface area contributed by atoms with Crippen molar-refractivity contribution in [3.63, 3.8) is 0 Å². The van der Waals surface area contributed by atoms with Gasteiger partial charge in [0.15, 0.2) is 11.4 Å². The van der Waals surface area contributed by atoms with Crippen LogP contribution in [0.1, 0.15) is 36.7 Å². The Morgan fingerprint density at radius 2 is 1.64 bits per heavy atom. The number of amides is 1. The molecule has 0 spiro atoms. The first-order valence-corrected chi connectivity index (χ1v) is 8.48. The minimum atomic E-state index is -0.839. The number of hydrogen-bond acceptors (Lipinski definition) is 3. The number of ether oxygens (including phenoxy) is 1. The topological polar surface area (TPSA) is 55.4 Å². The number of hydrogen-bond donors (Lipinski definition) is 1. The summed E-state index contributed by atoms with van der Waals surface area (Å²) in [5, 5.41) is 3.48. The van der Waals surface area contributed by atoms with Crippen molar-refractivity contribution in [2.45, 2.75) is 32.8 Å². The van der Waals surface area contributed by atoms with Crippen molar-refractivity contribution in [2.24, 2.45) is 0 Å². The lowest BCUT2D eigenvalue weighted by Gasteiger charge is -2.23. The molecular formula is C20H22ClNO3. The molecule has 4 nitrogen and oxygen atoms in total. The molecule has 0 aliphatic carbocycles. The van der Waals surface area contributed by atoms with Gasteiger partial charge in [0.2, 0.25) is 0 Å². The number of benzene rings is 2. The summed E-state index contributed by atoms with van der Waals surface area (Å²) in [6, 6.07) is 14.3. The molecule has 132 valence electrons. The van der Waals surface area contributed by atoms with E-state index in [1.807, 2.05) is 24.3 Å². The van der Waals surface area contributed by atoms with Crippen LogP contribution < -0.4 is 10.1 Å². The van der Waals surface area contributed by atoms with Crippen LogP contribution in [0.15, 0.2) is 48.5 Å². The van der Waals surface area contributed by atoms with Gasteiger partial charge in [0.1, 0.15) is 5.75 Å². The summed E-state index contributed by atoms with van der Waals surface area (Å²) in [6.07, 6.45) is 0.704. The van der Waals surface area contributed by atoms with Crippen molar-refractivity contribution in [3.05, 3.63) is 64.7 Å². The maximum Gasteiger partial charge on any atom is 0.251 e. The first kappa shape index (κ1) is 19.0. The molecular weight excluding hydrogens is 338 g/mol. The quantitative estimate of drug-likeness (QED) is 0.811. The van der Waals surface area contributed by atoms with Crippen LogP contribution in [-0.4, -0.2) is 23.8 Å². The van der Waals surface area contributed by atoms with E-state index in [4.69, 9.17) is 16.3 Å². The lowest BCUT2D eigenvalue weighted by atomic mass is 10.1. The van der Waals surface area contributed by atoms with Crippen LogP contribution in [0.5, 0.6) is 5.75 Å². The highest BCUT2D eigenvalue weighted by Gasteiger charge is 2.25. The lowest BCUT2D eigenvalue weighted by Crippen LogP contribution is -2.36. The minimum absolute atomic E-state index is 0.0264. The van der Waals surface area contributed by atoms with E-state index in [1.54, 1.807) is 38.1 Å². The largest absolute Gasteiger partial charge is 0.480 e. The number of rotatable bonds is 7. The van der Waals surface area contributed by atoms with E-state index in [1.165, 1.54) is 6.92 Å². The van der Waals surface area contributed by atoms with E-state index in [0.717, 1.165) is 5.56 Å². The molecule has 0 aliphatic heterocycles. The van der Waals surface area contributed by atoms with E-state index in [0.29, 0.717) is 29.3 Å². The summed E-state index contributed by atoms with van der Waals surface area (Å²) in [5.74, 6) is 0.496. The van der Waals surface area contributed by atoms with Crippen molar-refractivity contribution < 1.29 is 14.3 Å². The second-order valence-electron chi connectivity index (χ2n) is 6.33. The van der Waals surface area contributed by atoms with Gasteiger partial charge < -0.3 is 10.1 Å². The fourth-order valence-electron chi connectivity index (χ4n) is 2.11. The molecule has 2 aromatic rings. The zero-order chi connectivity index (χ0) is 18.4. The first-order valence-electron chi connectivity index (χ1n) is 8.11. The van der Waals surface area contributed by atoms with Gasteiger partial charge in [0.25, 0.3) is 5.91 Å². The molecule has 0 bridgehead atoms. The Kier molecular flexibility index (Phi) is 6.21. The Labute approximate surface area is 153 Å². The summed E-state index contributed by atoms with van der Waals surface area (Å²) < 4.78 is 5.70. The van der Waals surface area contributed by atoms with E-state index in [-0.39, 0.29) is 11.7 Å². The summed E-state index contributed by atoms with van der Waals surface area (Å²) >= 11 is 5.81. The molecule has 0 aromatic heterocycles. The van der Waals surface area contributed by atoms with Gasteiger partial charge in [0, 0.05) is 17.1 Å². The molecule has 0 heterocycles. The lowest BCUT2D eigenvalue weighted by molar-refractivity contribution is -0.129. The first-order chi connectivity index (χ1) is 11.8. The van der Waals surface area contributed by atoms with Crippen LogP contribution in [0, 0.1) is 0 Å². The van der Waals surface area contributed by atoms with E-state index in [2.05, 4.69) is 5.32 Å². The zero-order valence-corrected chi connectivity index (χ0v) is 15.4. The number of carbonyl (C=O) groups excluding carboxylic acids is 2. The van der Waals surface area contributed by atoms with E-state index in [9.17, 15) is 9.59 Å². The van der Waals surface area contributed by atoms with Gasteiger partial charge in [-0.3, -0.25) is 9.59 Å². The van der Waals surface area contributed by atoms with Crippen molar-refractivity contribution >= 4 is 23.3 Å². The molecule has 0 fully saturated rings. The van der Waals surface area contributed by atoms with Crippen LogP contribution >= 0.6 is 11.6 Å². The van der Waals surface area contributed by atoms with Gasteiger partial charge in [0.05, 0.1) is 0 Å². The number of nitrogens with one attached hydrogen (secondary N) is 1. The Morgan fingerprint density at radius 1 is 1.04 bits per heavy atom. The highest BCUT2D eigenvalue weighted by Crippen LogP contribution is 2.20. The van der Waals surface area contributed by atoms with Crippen LogP contribution in [0.3, 0.4) is 0 Å². The molecule has 25 heavy (non-hydrogen) atoms. The number of Topliss-reactive ketones (excluding diaryl/α,β-unsaturated/α-hetero) is 1.